The third-order valence-corrected chi connectivity index (χ3v) is 5.28. The van der Waals surface area contributed by atoms with Gasteiger partial charge in [-0.15, -0.1) is 0 Å². The molecule has 1 heterocycles. The van der Waals surface area contributed by atoms with Crippen molar-refractivity contribution in [3.8, 4) is 0 Å². The SMILES string of the molecule is FC(F)(F)C1(c2cc(Cl)cc(Cl)c2)C=C(c2ccc(CBr)c(Cl)c2)NO1. The predicted molar refractivity (Wildman–Crippen MR) is 100 cm³/mol. The van der Waals surface area contributed by atoms with Gasteiger partial charge in [-0.05, 0) is 35.9 Å². The van der Waals surface area contributed by atoms with Crippen LogP contribution < -0.4 is 5.48 Å². The lowest BCUT2D eigenvalue weighted by Gasteiger charge is -2.28. The lowest BCUT2D eigenvalue weighted by atomic mass is 9.91. The van der Waals surface area contributed by atoms with E-state index in [2.05, 4.69) is 21.4 Å². The second-order valence-electron chi connectivity index (χ2n) is 5.59. The monoisotopic (exact) mass is 485 g/mol. The van der Waals surface area contributed by atoms with Crippen molar-refractivity contribution in [3.05, 3.63) is 74.2 Å². The third kappa shape index (κ3) is 3.58. The van der Waals surface area contributed by atoms with Gasteiger partial charge in [-0.3, -0.25) is 10.3 Å². The van der Waals surface area contributed by atoms with E-state index in [1.54, 1.807) is 18.2 Å². The minimum absolute atomic E-state index is 0.0753. The minimum Gasteiger partial charge on any atom is -0.265 e. The molecule has 0 spiro atoms. The molecule has 2 aromatic rings. The van der Waals surface area contributed by atoms with E-state index in [1.807, 2.05) is 0 Å². The number of halogens is 7. The van der Waals surface area contributed by atoms with Crippen LogP contribution in [0.4, 0.5) is 13.2 Å². The summed E-state index contributed by atoms with van der Waals surface area (Å²) in [5.74, 6) is 0. The molecular weight excluding hydrogens is 477 g/mol. The molecule has 0 amide bonds. The summed E-state index contributed by atoms with van der Waals surface area (Å²) in [5, 5.41) is 1.11. The Kier molecular flexibility index (Phi) is 5.53. The van der Waals surface area contributed by atoms with Crippen molar-refractivity contribution in [1.82, 2.24) is 5.48 Å². The predicted octanol–water partition coefficient (Wildman–Crippen LogP) is 6.88. The van der Waals surface area contributed by atoms with E-state index < -0.39 is 11.8 Å². The van der Waals surface area contributed by atoms with Crippen molar-refractivity contribution in [2.24, 2.45) is 0 Å². The van der Waals surface area contributed by atoms with E-state index in [0.717, 1.165) is 11.6 Å². The van der Waals surface area contributed by atoms with Gasteiger partial charge >= 0.3 is 6.18 Å². The van der Waals surface area contributed by atoms with Gasteiger partial charge in [0.2, 0.25) is 5.60 Å². The summed E-state index contributed by atoms with van der Waals surface area (Å²) in [6.07, 6.45) is -3.80. The Morgan fingerprint density at radius 3 is 2.23 bits per heavy atom. The Balaban J connectivity index is 2.12. The van der Waals surface area contributed by atoms with Gasteiger partial charge in [-0.1, -0.05) is 62.9 Å². The summed E-state index contributed by atoms with van der Waals surface area (Å²) < 4.78 is 41.8. The Hall–Kier alpha value is -0.920. The number of hydrogen-bond acceptors (Lipinski definition) is 2. The molecule has 9 heteroatoms. The highest BCUT2D eigenvalue weighted by Gasteiger charge is 2.59. The summed E-state index contributed by atoms with van der Waals surface area (Å²) in [6.45, 7) is 0. The Labute approximate surface area is 171 Å². The van der Waals surface area contributed by atoms with Crippen LogP contribution in [0.15, 0.2) is 42.5 Å². The van der Waals surface area contributed by atoms with Crippen LogP contribution in [0.3, 0.4) is 0 Å². The molecule has 26 heavy (non-hydrogen) atoms. The van der Waals surface area contributed by atoms with Gasteiger partial charge in [-0.2, -0.15) is 13.2 Å². The molecule has 2 aromatic carbocycles. The summed E-state index contributed by atoms with van der Waals surface area (Å²) in [6, 6.07) is 8.63. The molecular formula is C17H10BrCl3F3NO. The second kappa shape index (κ2) is 7.24. The molecule has 0 bridgehead atoms. The average Bonchev–Trinajstić information content (AvgIpc) is 3.00. The quantitative estimate of drug-likeness (QED) is 0.477. The number of benzene rings is 2. The van der Waals surface area contributed by atoms with Crippen LogP contribution in [-0.2, 0) is 15.8 Å². The highest BCUT2D eigenvalue weighted by molar-refractivity contribution is 9.08. The largest absolute Gasteiger partial charge is 0.428 e. The maximum atomic E-state index is 13.9. The lowest BCUT2D eigenvalue weighted by molar-refractivity contribution is -0.269. The van der Waals surface area contributed by atoms with Crippen molar-refractivity contribution in [2.75, 3.05) is 0 Å². The Morgan fingerprint density at radius 2 is 1.69 bits per heavy atom. The van der Waals surface area contributed by atoms with Crippen molar-refractivity contribution < 1.29 is 18.0 Å². The van der Waals surface area contributed by atoms with Crippen molar-refractivity contribution in [1.29, 1.82) is 0 Å². The first kappa shape index (κ1) is 19.8. The van der Waals surface area contributed by atoms with Gasteiger partial charge in [0.1, 0.15) is 0 Å². The van der Waals surface area contributed by atoms with E-state index in [4.69, 9.17) is 39.6 Å². The van der Waals surface area contributed by atoms with Gasteiger partial charge in [0.25, 0.3) is 0 Å². The lowest BCUT2D eigenvalue weighted by Crippen LogP contribution is -2.42. The fourth-order valence-corrected chi connectivity index (χ4v) is 4.00. The topological polar surface area (TPSA) is 21.3 Å². The molecule has 3 rings (SSSR count). The molecule has 0 saturated carbocycles. The van der Waals surface area contributed by atoms with Gasteiger partial charge in [-0.25, -0.2) is 0 Å². The molecule has 0 aliphatic carbocycles. The van der Waals surface area contributed by atoms with Crippen LogP contribution in [0.2, 0.25) is 15.1 Å². The molecule has 138 valence electrons. The number of hydroxylamine groups is 1. The summed E-state index contributed by atoms with van der Waals surface area (Å²) >= 11 is 21.2. The first-order valence-corrected chi connectivity index (χ1v) is 9.47. The summed E-state index contributed by atoms with van der Waals surface area (Å²) in [4.78, 5) is 5.03. The van der Waals surface area contributed by atoms with Crippen molar-refractivity contribution in [3.63, 3.8) is 0 Å². The number of nitrogens with one attached hydrogen (secondary N) is 1. The molecule has 1 N–H and O–H groups in total. The van der Waals surface area contributed by atoms with E-state index in [0.29, 0.717) is 15.9 Å². The number of hydrogen-bond donors (Lipinski definition) is 1. The molecule has 2 nitrogen and oxygen atoms in total. The van der Waals surface area contributed by atoms with E-state index in [9.17, 15) is 13.2 Å². The molecule has 0 fully saturated rings. The van der Waals surface area contributed by atoms with Crippen LogP contribution in [0, 0.1) is 0 Å². The van der Waals surface area contributed by atoms with Crippen LogP contribution in [0.25, 0.3) is 5.70 Å². The maximum Gasteiger partial charge on any atom is 0.428 e. The second-order valence-corrected chi connectivity index (χ2v) is 7.43. The molecule has 0 saturated heterocycles. The first-order valence-electron chi connectivity index (χ1n) is 7.21. The summed E-state index contributed by atoms with van der Waals surface area (Å²) in [7, 11) is 0. The van der Waals surface area contributed by atoms with Gasteiger partial charge < -0.3 is 0 Å². The Bertz CT molecular complexity index is 868. The number of rotatable bonds is 3. The normalized spacial score (nSPS) is 20.0. The van der Waals surface area contributed by atoms with Gasteiger partial charge in [0.05, 0.1) is 5.70 Å². The molecule has 1 aliphatic heterocycles. The number of alkyl halides is 4. The van der Waals surface area contributed by atoms with Crippen LogP contribution in [0.1, 0.15) is 16.7 Å². The van der Waals surface area contributed by atoms with Crippen molar-refractivity contribution >= 4 is 56.4 Å². The zero-order valence-electron chi connectivity index (χ0n) is 12.8. The highest BCUT2D eigenvalue weighted by atomic mass is 79.9. The van der Waals surface area contributed by atoms with E-state index >= 15 is 0 Å². The van der Waals surface area contributed by atoms with E-state index in [1.165, 1.54) is 18.2 Å². The third-order valence-electron chi connectivity index (χ3n) is 3.89. The fraction of sp³-hybridized carbons (Fsp3) is 0.176. The maximum absolute atomic E-state index is 13.9. The molecule has 1 unspecified atom stereocenters. The smallest absolute Gasteiger partial charge is 0.265 e. The highest BCUT2D eigenvalue weighted by Crippen LogP contribution is 2.48. The first-order chi connectivity index (χ1) is 12.2. The molecule has 1 aliphatic rings. The zero-order chi connectivity index (χ0) is 19.1. The Morgan fingerprint density at radius 1 is 1.04 bits per heavy atom. The minimum atomic E-state index is -4.75. The standard InChI is InChI=1S/C17H10BrCl3F3NO/c18-8-10-2-1-9(3-14(10)21)15-7-16(26-25-15,17(22,23)24)11-4-12(19)6-13(20)5-11/h1-7,25H,8H2. The van der Waals surface area contributed by atoms with Gasteiger partial charge in [0.15, 0.2) is 0 Å². The molecule has 0 radical (unpaired) electrons. The summed E-state index contributed by atoms with van der Waals surface area (Å²) in [5.41, 5.74) is 0.820. The zero-order valence-corrected chi connectivity index (χ0v) is 16.7. The molecule has 0 aromatic heterocycles. The average molecular weight is 488 g/mol. The van der Waals surface area contributed by atoms with Crippen LogP contribution in [-0.4, -0.2) is 6.18 Å². The van der Waals surface area contributed by atoms with Crippen molar-refractivity contribution in [2.45, 2.75) is 17.1 Å². The van der Waals surface area contributed by atoms with Crippen LogP contribution in [0.5, 0.6) is 0 Å². The van der Waals surface area contributed by atoms with E-state index in [-0.39, 0.29) is 21.3 Å². The fourth-order valence-electron chi connectivity index (χ4n) is 2.58. The molecule has 1 atom stereocenters. The van der Waals surface area contributed by atoms with Crippen LogP contribution >= 0.6 is 50.7 Å². The van der Waals surface area contributed by atoms with Gasteiger partial charge in [0, 0.05) is 31.5 Å².